The minimum atomic E-state index is -0.382. The van der Waals surface area contributed by atoms with Gasteiger partial charge >= 0.3 is 0 Å². The zero-order chi connectivity index (χ0) is 22.7. The van der Waals surface area contributed by atoms with Gasteiger partial charge in [-0.25, -0.2) is 0 Å². The van der Waals surface area contributed by atoms with Gasteiger partial charge in [0.15, 0.2) is 17.3 Å². The normalized spacial score (nSPS) is 10.7. The summed E-state index contributed by atoms with van der Waals surface area (Å²) in [5.41, 5.74) is 1.22. The van der Waals surface area contributed by atoms with E-state index < -0.39 is 0 Å². The van der Waals surface area contributed by atoms with E-state index in [9.17, 15) is 9.59 Å². The molecule has 0 bridgehead atoms. The molecular formula is C26H22O6. The van der Waals surface area contributed by atoms with Crippen molar-refractivity contribution in [2.75, 3.05) is 21.3 Å². The van der Waals surface area contributed by atoms with Gasteiger partial charge in [-0.1, -0.05) is 36.4 Å². The lowest BCUT2D eigenvalue weighted by Crippen LogP contribution is -2.19. The molecule has 0 N–H and O–H groups in total. The smallest absolute Gasteiger partial charge is 0.204 e. The van der Waals surface area contributed by atoms with Gasteiger partial charge in [-0.3, -0.25) is 9.59 Å². The van der Waals surface area contributed by atoms with Crippen LogP contribution in [0.4, 0.5) is 0 Å². The molecule has 4 rings (SSSR count). The standard InChI is InChI=1S/C26H22O6/c1-29-18-10-11-19-21(15-18)32-23(14-16-9-12-20(30-2)22(13-16)31-3)24(26(19)28)25(27)17-7-5-4-6-8-17/h4-13,15H,14H2,1-3H3. The second-order valence-corrected chi connectivity index (χ2v) is 7.15. The summed E-state index contributed by atoms with van der Waals surface area (Å²) in [6, 6.07) is 19.0. The molecule has 0 fully saturated rings. The number of rotatable bonds is 7. The quantitative estimate of drug-likeness (QED) is 0.398. The van der Waals surface area contributed by atoms with E-state index in [4.69, 9.17) is 18.6 Å². The number of carbonyl (C=O) groups is 1. The summed E-state index contributed by atoms with van der Waals surface area (Å²) in [7, 11) is 4.65. The number of ketones is 1. The van der Waals surface area contributed by atoms with E-state index in [0.29, 0.717) is 33.8 Å². The first-order valence-corrected chi connectivity index (χ1v) is 10.00. The molecule has 6 heteroatoms. The van der Waals surface area contributed by atoms with E-state index in [2.05, 4.69) is 0 Å². The van der Waals surface area contributed by atoms with Gasteiger partial charge in [0.2, 0.25) is 5.43 Å². The SMILES string of the molecule is COc1ccc2c(=O)c(C(=O)c3ccccc3)c(Cc3ccc(OC)c(OC)c3)oc2c1. The molecule has 1 heterocycles. The summed E-state index contributed by atoms with van der Waals surface area (Å²) in [4.78, 5) is 26.8. The van der Waals surface area contributed by atoms with Crippen LogP contribution in [0.1, 0.15) is 27.2 Å². The Morgan fingerprint density at radius 3 is 2.28 bits per heavy atom. The van der Waals surface area contributed by atoms with Crippen molar-refractivity contribution < 1.29 is 23.4 Å². The van der Waals surface area contributed by atoms with E-state index in [-0.39, 0.29) is 29.0 Å². The summed E-state index contributed by atoms with van der Waals surface area (Å²) in [5, 5.41) is 0.321. The molecule has 162 valence electrons. The summed E-state index contributed by atoms with van der Waals surface area (Å²) in [5.74, 6) is 1.58. The fourth-order valence-corrected chi connectivity index (χ4v) is 3.61. The molecule has 0 saturated heterocycles. The van der Waals surface area contributed by atoms with Crippen LogP contribution < -0.4 is 19.6 Å². The molecule has 0 unspecified atom stereocenters. The van der Waals surface area contributed by atoms with Crippen molar-refractivity contribution in [3.8, 4) is 17.2 Å². The van der Waals surface area contributed by atoms with Crippen molar-refractivity contribution in [1.29, 1.82) is 0 Å². The van der Waals surface area contributed by atoms with Crippen LogP contribution in [0.25, 0.3) is 11.0 Å². The Morgan fingerprint density at radius 1 is 0.844 bits per heavy atom. The fraction of sp³-hybridized carbons (Fsp3) is 0.154. The molecule has 0 amide bonds. The number of hydrogen-bond donors (Lipinski definition) is 0. The van der Waals surface area contributed by atoms with Crippen LogP contribution in [-0.4, -0.2) is 27.1 Å². The predicted octanol–water partition coefficient (Wildman–Crippen LogP) is 4.64. The van der Waals surface area contributed by atoms with E-state index in [0.717, 1.165) is 5.56 Å². The van der Waals surface area contributed by atoms with Crippen LogP contribution >= 0.6 is 0 Å². The maximum atomic E-state index is 13.4. The highest BCUT2D eigenvalue weighted by Gasteiger charge is 2.23. The van der Waals surface area contributed by atoms with Gasteiger partial charge in [0, 0.05) is 18.1 Å². The van der Waals surface area contributed by atoms with Crippen LogP contribution in [0.2, 0.25) is 0 Å². The van der Waals surface area contributed by atoms with Crippen molar-refractivity contribution in [2.24, 2.45) is 0 Å². The lowest BCUT2D eigenvalue weighted by molar-refractivity contribution is 0.103. The lowest BCUT2D eigenvalue weighted by Gasteiger charge is -2.12. The minimum Gasteiger partial charge on any atom is -0.497 e. The van der Waals surface area contributed by atoms with E-state index >= 15 is 0 Å². The van der Waals surface area contributed by atoms with E-state index in [1.165, 1.54) is 7.11 Å². The van der Waals surface area contributed by atoms with Gasteiger partial charge in [0.25, 0.3) is 0 Å². The number of methoxy groups -OCH3 is 3. The van der Waals surface area contributed by atoms with Crippen molar-refractivity contribution in [2.45, 2.75) is 6.42 Å². The van der Waals surface area contributed by atoms with Gasteiger partial charge in [0.05, 0.1) is 26.7 Å². The van der Waals surface area contributed by atoms with Gasteiger partial charge in [-0.2, -0.15) is 0 Å². The zero-order valence-electron chi connectivity index (χ0n) is 18.0. The van der Waals surface area contributed by atoms with Gasteiger partial charge in [-0.05, 0) is 29.8 Å². The fourth-order valence-electron chi connectivity index (χ4n) is 3.61. The van der Waals surface area contributed by atoms with Crippen molar-refractivity contribution in [3.05, 3.63) is 99.4 Å². The third-order valence-electron chi connectivity index (χ3n) is 5.25. The average Bonchev–Trinajstić information content (AvgIpc) is 2.84. The Balaban J connectivity index is 1.91. The van der Waals surface area contributed by atoms with Crippen LogP contribution in [0.3, 0.4) is 0 Å². The topological polar surface area (TPSA) is 75.0 Å². The molecule has 32 heavy (non-hydrogen) atoms. The van der Waals surface area contributed by atoms with Crippen LogP contribution in [0, 0.1) is 0 Å². The average molecular weight is 430 g/mol. The Bertz CT molecular complexity index is 1340. The Hall–Kier alpha value is -4.06. The van der Waals surface area contributed by atoms with Gasteiger partial charge < -0.3 is 18.6 Å². The lowest BCUT2D eigenvalue weighted by atomic mass is 9.97. The maximum Gasteiger partial charge on any atom is 0.204 e. The third kappa shape index (κ3) is 3.95. The van der Waals surface area contributed by atoms with Crippen molar-refractivity contribution >= 4 is 16.8 Å². The van der Waals surface area contributed by atoms with E-state index in [1.807, 2.05) is 12.1 Å². The molecule has 0 radical (unpaired) electrons. The molecule has 6 nitrogen and oxygen atoms in total. The summed E-state index contributed by atoms with van der Waals surface area (Å²) in [6.45, 7) is 0. The summed E-state index contributed by atoms with van der Waals surface area (Å²) in [6.07, 6.45) is 0.219. The first-order chi connectivity index (χ1) is 15.5. The van der Waals surface area contributed by atoms with Crippen LogP contribution in [0.15, 0.2) is 75.9 Å². The van der Waals surface area contributed by atoms with Crippen molar-refractivity contribution in [3.63, 3.8) is 0 Å². The van der Waals surface area contributed by atoms with Gasteiger partial charge in [-0.15, -0.1) is 0 Å². The first-order valence-electron chi connectivity index (χ1n) is 10.00. The zero-order valence-corrected chi connectivity index (χ0v) is 18.0. The van der Waals surface area contributed by atoms with E-state index in [1.54, 1.807) is 68.8 Å². The number of carbonyl (C=O) groups excluding carboxylic acids is 1. The highest BCUT2D eigenvalue weighted by molar-refractivity contribution is 6.10. The molecule has 0 saturated carbocycles. The molecule has 0 aliphatic rings. The third-order valence-corrected chi connectivity index (χ3v) is 5.25. The molecular weight excluding hydrogens is 408 g/mol. The second kappa shape index (κ2) is 8.98. The van der Waals surface area contributed by atoms with Crippen molar-refractivity contribution in [1.82, 2.24) is 0 Å². The number of hydrogen-bond acceptors (Lipinski definition) is 6. The number of benzene rings is 3. The Kier molecular flexibility index (Phi) is 5.94. The Labute approximate surface area is 185 Å². The summed E-state index contributed by atoms with van der Waals surface area (Å²) < 4.78 is 22.1. The minimum absolute atomic E-state index is 0.0173. The molecule has 0 aliphatic carbocycles. The Morgan fingerprint density at radius 2 is 1.59 bits per heavy atom. The second-order valence-electron chi connectivity index (χ2n) is 7.15. The largest absolute Gasteiger partial charge is 0.497 e. The van der Waals surface area contributed by atoms with Crippen LogP contribution in [-0.2, 0) is 6.42 Å². The first kappa shape index (κ1) is 21.2. The van der Waals surface area contributed by atoms with Gasteiger partial charge in [0.1, 0.15) is 22.7 Å². The monoisotopic (exact) mass is 430 g/mol. The molecule has 1 aromatic heterocycles. The highest BCUT2D eigenvalue weighted by atomic mass is 16.5. The molecule has 3 aromatic carbocycles. The molecule has 4 aromatic rings. The summed E-state index contributed by atoms with van der Waals surface area (Å²) >= 11 is 0. The number of ether oxygens (including phenoxy) is 3. The maximum absolute atomic E-state index is 13.4. The predicted molar refractivity (Wildman–Crippen MR) is 121 cm³/mol. The number of fused-ring (bicyclic) bond motifs is 1. The molecule has 0 atom stereocenters. The molecule has 0 spiro atoms. The highest BCUT2D eigenvalue weighted by Crippen LogP contribution is 2.30. The van der Waals surface area contributed by atoms with Crippen LogP contribution in [0.5, 0.6) is 17.2 Å². The molecule has 0 aliphatic heterocycles.